The second kappa shape index (κ2) is 5.23. The molecule has 0 atom stereocenters. The van der Waals surface area contributed by atoms with Crippen LogP contribution in [0.3, 0.4) is 0 Å². The monoisotopic (exact) mass is 243 g/mol. The van der Waals surface area contributed by atoms with E-state index in [1.165, 1.54) is 0 Å². The van der Waals surface area contributed by atoms with Crippen LogP contribution < -0.4 is 22.5 Å². The number of nitrogens with one attached hydrogen (secondary N) is 1. The van der Waals surface area contributed by atoms with Crippen molar-refractivity contribution in [3.05, 3.63) is 0 Å². The molecule has 0 radical (unpaired) electrons. The van der Waals surface area contributed by atoms with Crippen molar-refractivity contribution in [1.82, 2.24) is 5.32 Å². The minimum Gasteiger partial charge on any atom is -0.370 e. The zero-order chi connectivity index (χ0) is 13.9. The van der Waals surface area contributed by atoms with E-state index in [0.29, 0.717) is 6.54 Å². The SMILES string of the molecule is CC(C)(CC(C)(C)NC(C)(C)CN)N=C(N)N. The lowest BCUT2D eigenvalue weighted by atomic mass is 9.85. The minimum absolute atomic E-state index is 0.0919. The van der Waals surface area contributed by atoms with Crippen LogP contribution in [0.4, 0.5) is 0 Å². The van der Waals surface area contributed by atoms with Crippen LogP contribution in [0.5, 0.6) is 0 Å². The zero-order valence-electron chi connectivity index (χ0n) is 12.1. The van der Waals surface area contributed by atoms with E-state index in [4.69, 9.17) is 17.2 Å². The molecule has 0 saturated heterocycles. The van der Waals surface area contributed by atoms with Gasteiger partial charge < -0.3 is 22.5 Å². The van der Waals surface area contributed by atoms with Crippen molar-refractivity contribution in [3.63, 3.8) is 0 Å². The lowest BCUT2D eigenvalue weighted by Crippen LogP contribution is -2.57. The van der Waals surface area contributed by atoms with E-state index in [0.717, 1.165) is 6.42 Å². The Morgan fingerprint density at radius 3 is 1.82 bits per heavy atom. The lowest BCUT2D eigenvalue weighted by molar-refractivity contribution is 0.223. The average Bonchev–Trinajstić information content (AvgIpc) is 1.96. The lowest BCUT2D eigenvalue weighted by Gasteiger charge is -2.40. The van der Waals surface area contributed by atoms with Gasteiger partial charge in [-0.05, 0) is 48.0 Å². The molecule has 0 aromatic rings. The highest BCUT2D eigenvalue weighted by Gasteiger charge is 2.32. The van der Waals surface area contributed by atoms with Crippen LogP contribution >= 0.6 is 0 Å². The predicted molar refractivity (Wildman–Crippen MR) is 74.9 cm³/mol. The van der Waals surface area contributed by atoms with Gasteiger partial charge in [0.1, 0.15) is 0 Å². The van der Waals surface area contributed by atoms with Crippen LogP contribution in [0.25, 0.3) is 0 Å². The van der Waals surface area contributed by atoms with Crippen LogP contribution in [0.1, 0.15) is 48.0 Å². The highest BCUT2D eigenvalue weighted by molar-refractivity contribution is 5.76. The molecule has 0 heterocycles. The first-order chi connectivity index (χ1) is 7.39. The minimum atomic E-state index is -0.292. The quantitative estimate of drug-likeness (QED) is 0.404. The van der Waals surface area contributed by atoms with Crippen LogP contribution in [-0.4, -0.2) is 29.1 Å². The van der Waals surface area contributed by atoms with Gasteiger partial charge in [-0.2, -0.15) is 0 Å². The number of hydrogen-bond donors (Lipinski definition) is 4. The maximum absolute atomic E-state index is 5.73. The molecule has 0 aliphatic carbocycles. The fourth-order valence-corrected chi connectivity index (χ4v) is 2.48. The van der Waals surface area contributed by atoms with E-state index < -0.39 is 0 Å². The first-order valence-corrected chi connectivity index (χ1v) is 5.99. The van der Waals surface area contributed by atoms with Gasteiger partial charge in [-0.3, -0.25) is 0 Å². The fourth-order valence-electron chi connectivity index (χ4n) is 2.48. The van der Waals surface area contributed by atoms with E-state index in [1.54, 1.807) is 0 Å². The van der Waals surface area contributed by atoms with Gasteiger partial charge in [0.15, 0.2) is 5.96 Å². The number of aliphatic imine (C=N–C) groups is 1. The first kappa shape index (κ1) is 16.2. The fraction of sp³-hybridized carbons (Fsp3) is 0.917. The van der Waals surface area contributed by atoms with Gasteiger partial charge in [-0.15, -0.1) is 0 Å². The summed E-state index contributed by atoms with van der Waals surface area (Å²) in [6.45, 7) is 13.1. The van der Waals surface area contributed by atoms with Gasteiger partial charge in [-0.25, -0.2) is 4.99 Å². The number of hydrogen-bond acceptors (Lipinski definition) is 3. The Kier molecular flexibility index (Phi) is 4.98. The third kappa shape index (κ3) is 7.18. The average molecular weight is 243 g/mol. The summed E-state index contributed by atoms with van der Waals surface area (Å²) in [4.78, 5) is 4.25. The molecule has 0 unspecified atom stereocenters. The van der Waals surface area contributed by atoms with E-state index in [9.17, 15) is 0 Å². The van der Waals surface area contributed by atoms with Crippen LogP contribution in [0.15, 0.2) is 4.99 Å². The van der Waals surface area contributed by atoms with E-state index in [2.05, 4.69) is 38.0 Å². The van der Waals surface area contributed by atoms with Gasteiger partial charge in [0.2, 0.25) is 0 Å². The Labute approximate surface area is 105 Å². The summed E-state index contributed by atoms with van der Waals surface area (Å²) in [7, 11) is 0. The van der Waals surface area contributed by atoms with Gasteiger partial charge in [0.25, 0.3) is 0 Å². The summed E-state index contributed by atoms with van der Waals surface area (Å²) in [6, 6.07) is 0. The van der Waals surface area contributed by atoms with Crippen LogP contribution in [0, 0.1) is 0 Å². The van der Waals surface area contributed by atoms with Crippen LogP contribution in [-0.2, 0) is 0 Å². The second-order valence-corrected chi connectivity index (χ2v) is 6.62. The molecule has 0 amide bonds. The smallest absolute Gasteiger partial charge is 0.186 e. The summed E-state index contributed by atoms with van der Waals surface area (Å²) >= 11 is 0. The molecule has 0 aliphatic rings. The molecule has 0 rings (SSSR count). The molecule has 17 heavy (non-hydrogen) atoms. The van der Waals surface area contributed by atoms with Crippen molar-refractivity contribution < 1.29 is 0 Å². The third-order valence-electron chi connectivity index (χ3n) is 2.49. The standard InChI is InChI=1S/C12H29N5/c1-10(2,16-9(14)15)7-11(3,4)17-12(5,6)8-13/h17H,7-8,13H2,1-6H3,(H4,14,15,16). The van der Waals surface area contributed by atoms with E-state index in [1.807, 2.05) is 13.8 Å². The van der Waals surface area contributed by atoms with Gasteiger partial charge in [0.05, 0.1) is 5.54 Å². The largest absolute Gasteiger partial charge is 0.370 e. The molecule has 0 aromatic heterocycles. The van der Waals surface area contributed by atoms with Crippen molar-refractivity contribution in [2.75, 3.05) is 6.54 Å². The molecule has 0 fully saturated rings. The van der Waals surface area contributed by atoms with E-state index >= 15 is 0 Å². The summed E-state index contributed by atoms with van der Waals surface area (Å²) in [6.07, 6.45) is 0.821. The molecule has 5 heteroatoms. The van der Waals surface area contributed by atoms with Crippen molar-refractivity contribution in [3.8, 4) is 0 Å². The zero-order valence-corrected chi connectivity index (χ0v) is 12.1. The Morgan fingerprint density at radius 2 is 1.47 bits per heavy atom. The van der Waals surface area contributed by atoms with Gasteiger partial charge >= 0.3 is 0 Å². The topological polar surface area (TPSA) is 102 Å². The Balaban J connectivity index is 4.70. The van der Waals surface area contributed by atoms with Crippen molar-refractivity contribution >= 4 is 5.96 Å². The molecule has 0 spiro atoms. The molecular weight excluding hydrogens is 214 g/mol. The first-order valence-electron chi connectivity index (χ1n) is 5.99. The second-order valence-electron chi connectivity index (χ2n) is 6.62. The molecule has 102 valence electrons. The predicted octanol–water partition coefficient (Wildman–Crippen LogP) is 0.534. The Hall–Kier alpha value is -0.810. The van der Waals surface area contributed by atoms with Crippen molar-refractivity contribution in [1.29, 1.82) is 0 Å². The molecule has 5 nitrogen and oxygen atoms in total. The summed E-state index contributed by atoms with van der Waals surface area (Å²) in [5, 5.41) is 3.54. The summed E-state index contributed by atoms with van der Waals surface area (Å²) < 4.78 is 0. The number of rotatable bonds is 6. The normalized spacial score (nSPS) is 13.6. The van der Waals surface area contributed by atoms with Crippen LogP contribution in [0.2, 0.25) is 0 Å². The molecular formula is C12H29N5. The summed E-state index contributed by atoms with van der Waals surface area (Å²) in [5.41, 5.74) is 16.1. The molecule has 0 saturated carbocycles. The number of nitrogens with zero attached hydrogens (tertiary/aromatic N) is 1. The maximum atomic E-state index is 5.73. The number of nitrogens with two attached hydrogens (primary N) is 3. The van der Waals surface area contributed by atoms with Crippen molar-refractivity contribution in [2.24, 2.45) is 22.2 Å². The number of guanidine groups is 1. The van der Waals surface area contributed by atoms with Gasteiger partial charge in [0, 0.05) is 17.6 Å². The Bertz CT molecular complexity index is 275. The maximum Gasteiger partial charge on any atom is 0.186 e. The van der Waals surface area contributed by atoms with Crippen molar-refractivity contribution in [2.45, 2.75) is 64.6 Å². The van der Waals surface area contributed by atoms with Gasteiger partial charge in [-0.1, -0.05) is 0 Å². The molecule has 0 aliphatic heterocycles. The summed E-state index contributed by atoms with van der Waals surface area (Å²) in [5.74, 6) is 0.129. The van der Waals surface area contributed by atoms with E-state index in [-0.39, 0.29) is 22.6 Å². The third-order valence-corrected chi connectivity index (χ3v) is 2.49. The molecule has 0 aromatic carbocycles. The Morgan fingerprint density at radius 1 is 1.00 bits per heavy atom. The molecule has 0 bridgehead atoms. The highest BCUT2D eigenvalue weighted by Crippen LogP contribution is 2.25. The molecule has 7 N–H and O–H groups in total. The highest BCUT2D eigenvalue weighted by atomic mass is 15.1.